The van der Waals surface area contributed by atoms with E-state index in [1.807, 2.05) is 4.90 Å². The van der Waals surface area contributed by atoms with Crippen molar-refractivity contribution in [3.63, 3.8) is 0 Å². The summed E-state index contributed by atoms with van der Waals surface area (Å²) in [4.78, 5) is 13.5. The molecule has 0 bridgehead atoms. The molecule has 1 saturated heterocycles. The van der Waals surface area contributed by atoms with Crippen LogP contribution in [0.3, 0.4) is 0 Å². The van der Waals surface area contributed by atoms with Crippen LogP contribution in [0.15, 0.2) is 0 Å². The first-order chi connectivity index (χ1) is 5.58. The number of nitrogens with zero attached hydrogens (tertiary/aromatic N) is 1. The van der Waals surface area contributed by atoms with Crippen LogP contribution in [0.4, 0.5) is 0 Å². The predicted octanol–water partition coefficient (Wildman–Crippen LogP) is 0.359. The summed E-state index contributed by atoms with van der Waals surface area (Å²) in [7, 11) is 0. The Morgan fingerprint density at radius 2 is 2.17 bits per heavy atom. The molecule has 0 spiro atoms. The van der Waals surface area contributed by atoms with Gasteiger partial charge in [-0.3, -0.25) is 4.79 Å². The molecule has 3 nitrogen and oxygen atoms in total. The molecule has 2 rings (SSSR count). The highest BCUT2D eigenvalue weighted by molar-refractivity contribution is 5.80. The quantitative estimate of drug-likeness (QED) is 0.613. The molecule has 0 unspecified atom stereocenters. The molecule has 1 amide bonds. The van der Waals surface area contributed by atoms with Crippen LogP contribution in [0.25, 0.3) is 0 Å². The van der Waals surface area contributed by atoms with Crippen LogP contribution in [0, 0.1) is 0 Å². The smallest absolute Gasteiger partial charge is 0.236 e. The maximum atomic E-state index is 11.4. The standard InChI is InChI=1S/C9H16N2O/c1-9(2)6-11(7-3-4-7)8(12)5-10-9/h7,10H,3-6H2,1-2H3. The van der Waals surface area contributed by atoms with Crippen molar-refractivity contribution in [3.8, 4) is 0 Å². The van der Waals surface area contributed by atoms with Gasteiger partial charge in [0.15, 0.2) is 0 Å². The average Bonchev–Trinajstić information content (AvgIpc) is 2.76. The summed E-state index contributed by atoms with van der Waals surface area (Å²) < 4.78 is 0. The number of piperazine rings is 1. The monoisotopic (exact) mass is 168 g/mol. The minimum absolute atomic E-state index is 0.108. The van der Waals surface area contributed by atoms with Crippen molar-refractivity contribution in [1.82, 2.24) is 10.2 Å². The highest BCUT2D eigenvalue weighted by Crippen LogP contribution is 2.29. The minimum Gasteiger partial charge on any atom is -0.337 e. The zero-order valence-electron chi connectivity index (χ0n) is 7.76. The van der Waals surface area contributed by atoms with E-state index in [1.165, 1.54) is 12.8 Å². The first-order valence-electron chi connectivity index (χ1n) is 4.63. The Morgan fingerprint density at radius 1 is 1.50 bits per heavy atom. The van der Waals surface area contributed by atoms with Crippen molar-refractivity contribution < 1.29 is 4.79 Å². The van der Waals surface area contributed by atoms with Gasteiger partial charge in [-0.2, -0.15) is 0 Å². The summed E-state index contributed by atoms with van der Waals surface area (Å²) in [6.45, 7) is 5.68. The summed E-state index contributed by atoms with van der Waals surface area (Å²) in [5.74, 6) is 0.275. The Hall–Kier alpha value is -0.570. The zero-order chi connectivity index (χ0) is 8.77. The number of hydrogen-bond acceptors (Lipinski definition) is 2. The first-order valence-corrected chi connectivity index (χ1v) is 4.63. The van der Waals surface area contributed by atoms with Gasteiger partial charge in [0.05, 0.1) is 6.54 Å². The van der Waals surface area contributed by atoms with Crippen LogP contribution >= 0.6 is 0 Å². The summed E-state index contributed by atoms with van der Waals surface area (Å²) >= 11 is 0. The molecule has 1 aliphatic carbocycles. The molecule has 1 heterocycles. The molecule has 1 N–H and O–H groups in total. The van der Waals surface area contributed by atoms with E-state index in [2.05, 4.69) is 19.2 Å². The molecule has 0 atom stereocenters. The van der Waals surface area contributed by atoms with Crippen molar-refractivity contribution in [2.75, 3.05) is 13.1 Å². The van der Waals surface area contributed by atoms with Gasteiger partial charge in [0.2, 0.25) is 5.91 Å². The maximum absolute atomic E-state index is 11.4. The molecular formula is C9H16N2O. The topological polar surface area (TPSA) is 32.3 Å². The Balaban J connectivity index is 2.04. The number of carbonyl (C=O) groups is 1. The molecule has 1 saturated carbocycles. The SMILES string of the molecule is CC1(C)CN(C2CC2)C(=O)CN1. The van der Waals surface area contributed by atoms with Crippen LogP contribution < -0.4 is 5.32 Å². The summed E-state index contributed by atoms with van der Waals surface area (Å²) in [5, 5.41) is 3.23. The third kappa shape index (κ3) is 1.46. The Kier molecular flexibility index (Phi) is 1.65. The normalized spacial score (nSPS) is 29.2. The largest absolute Gasteiger partial charge is 0.337 e. The van der Waals surface area contributed by atoms with Crippen LogP contribution in [0.5, 0.6) is 0 Å². The van der Waals surface area contributed by atoms with E-state index in [0.717, 1.165) is 6.54 Å². The molecule has 12 heavy (non-hydrogen) atoms. The number of nitrogens with one attached hydrogen (secondary N) is 1. The second kappa shape index (κ2) is 2.46. The molecule has 2 fully saturated rings. The fraction of sp³-hybridized carbons (Fsp3) is 0.889. The van der Waals surface area contributed by atoms with E-state index in [9.17, 15) is 4.79 Å². The molecule has 1 aliphatic heterocycles. The number of hydrogen-bond donors (Lipinski definition) is 1. The van der Waals surface area contributed by atoms with Gasteiger partial charge in [0.1, 0.15) is 0 Å². The molecule has 0 radical (unpaired) electrons. The van der Waals surface area contributed by atoms with E-state index in [-0.39, 0.29) is 11.4 Å². The van der Waals surface area contributed by atoms with Gasteiger partial charge in [0, 0.05) is 18.1 Å². The number of carbonyl (C=O) groups excluding carboxylic acids is 1. The minimum atomic E-state index is 0.108. The Morgan fingerprint density at radius 3 is 2.75 bits per heavy atom. The lowest BCUT2D eigenvalue weighted by atomic mass is 10.0. The lowest BCUT2D eigenvalue weighted by Gasteiger charge is -2.39. The van der Waals surface area contributed by atoms with Crippen molar-refractivity contribution in [1.29, 1.82) is 0 Å². The molecule has 3 heteroatoms. The second-order valence-electron chi connectivity index (χ2n) is 4.49. The predicted molar refractivity (Wildman–Crippen MR) is 46.8 cm³/mol. The Labute approximate surface area is 73.1 Å². The first kappa shape index (κ1) is 8.05. The van der Waals surface area contributed by atoms with Gasteiger partial charge in [-0.25, -0.2) is 0 Å². The van der Waals surface area contributed by atoms with Crippen LogP contribution in [0.2, 0.25) is 0 Å². The summed E-state index contributed by atoms with van der Waals surface area (Å²) in [6, 6.07) is 0.568. The fourth-order valence-electron chi connectivity index (χ4n) is 1.71. The van der Waals surface area contributed by atoms with E-state index in [1.54, 1.807) is 0 Å². The highest BCUT2D eigenvalue weighted by atomic mass is 16.2. The fourth-order valence-corrected chi connectivity index (χ4v) is 1.71. The van der Waals surface area contributed by atoms with Gasteiger partial charge in [0.25, 0.3) is 0 Å². The van der Waals surface area contributed by atoms with Crippen molar-refractivity contribution in [3.05, 3.63) is 0 Å². The summed E-state index contributed by atoms with van der Waals surface area (Å²) in [5.41, 5.74) is 0.108. The van der Waals surface area contributed by atoms with E-state index in [4.69, 9.17) is 0 Å². The molecule has 0 aromatic heterocycles. The molecule has 68 valence electrons. The van der Waals surface area contributed by atoms with Gasteiger partial charge >= 0.3 is 0 Å². The Bertz CT molecular complexity index is 209. The average molecular weight is 168 g/mol. The lowest BCUT2D eigenvalue weighted by molar-refractivity contribution is -0.135. The van der Waals surface area contributed by atoms with E-state index in [0.29, 0.717) is 12.6 Å². The molecular weight excluding hydrogens is 152 g/mol. The van der Waals surface area contributed by atoms with Gasteiger partial charge in [-0.05, 0) is 26.7 Å². The number of amides is 1. The highest BCUT2D eigenvalue weighted by Gasteiger charge is 2.38. The molecule has 0 aromatic carbocycles. The molecule has 0 aromatic rings. The van der Waals surface area contributed by atoms with E-state index < -0.39 is 0 Å². The summed E-state index contributed by atoms with van der Waals surface area (Å²) in [6.07, 6.45) is 2.42. The van der Waals surface area contributed by atoms with Gasteiger partial charge in [-0.1, -0.05) is 0 Å². The van der Waals surface area contributed by atoms with Crippen molar-refractivity contribution in [2.24, 2.45) is 0 Å². The van der Waals surface area contributed by atoms with Crippen LogP contribution in [-0.2, 0) is 4.79 Å². The second-order valence-corrected chi connectivity index (χ2v) is 4.49. The van der Waals surface area contributed by atoms with Crippen LogP contribution in [0.1, 0.15) is 26.7 Å². The van der Waals surface area contributed by atoms with Crippen molar-refractivity contribution >= 4 is 5.91 Å². The van der Waals surface area contributed by atoms with E-state index >= 15 is 0 Å². The van der Waals surface area contributed by atoms with Crippen molar-refractivity contribution in [2.45, 2.75) is 38.3 Å². The van der Waals surface area contributed by atoms with Gasteiger partial charge in [-0.15, -0.1) is 0 Å². The number of rotatable bonds is 1. The van der Waals surface area contributed by atoms with Gasteiger partial charge < -0.3 is 10.2 Å². The van der Waals surface area contributed by atoms with Crippen LogP contribution in [-0.4, -0.2) is 35.5 Å². The maximum Gasteiger partial charge on any atom is 0.236 e. The third-order valence-corrected chi connectivity index (χ3v) is 2.59. The third-order valence-electron chi connectivity index (χ3n) is 2.59. The zero-order valence-corrected chi connectivity index (χ0v) is 7.76. The molecule has 2 aliphatic rings. The lowest BCUT2D eigenvalue weighted by Crippen LogP contribution is -2.60.